The highest BCUT2D eigenvalue weighted by molar-refractivity contribution is 7.80. The molecule has 1 aromatic rings. The summed E-state index contributed by atoms with van der Waals surface area (Å²) >= 11 is 4.68. The Labute approximate surface area is 76.8 Å². The number of aliphatic hydroxyl groups excluding tert-OH is 1. The van der Waals surface area contributed by atoms with Crippen LogP contribution in [0.5, 0.6) is 0 Å². The van der Waals surface area contributed by atoms with Crippen LogP contribution in [0.4, 0.5) is 0 Å². The van der Waals surface area contributed by atoms with Crippen molar-refractivity contribution in [1.29, 1.82) is 0 Å². The quantitative estimate of drug-likeness (QED) is 0.719. The third kappa shape index (κ3) is 2.98. The summed E-state index contributed by atoms with van der Waals surface area (Å²) in [6.45, 7) is 0.238. The first-order chi connectivity index (χ1) is 5.83. The van der Waals surface area contributed by atoms with E-state index in [0.717, 1.165) is 5.56 Å². The molecule has 0 saturated heterocycles. The van der Waals surface area contributed by atoms with E-state index in [-0.39, 0.29) is 11.7 Å². The van der Waals surface area contributed by atoms with E-state index in [0.29, 0.717) is 6.61 Å². The third-order valence-corrected chi connectivity index (χ3v) is 1.62. The maximum atomic E-state index is 8.55. The number of hydrogen-bond donors (Lipinski definition) is 1. The van der Waals surface area contributed by atoms with Gasteiger partial charge in [0.2, 0.25) is 0 Å². The Morgan fingerprint density at radius 3 is 2.58 bits per heavy atom. The lowest BCUT2D eigenvalue weighted by Gasteiger charge is -2.03. The highest BCUT2D eigenvalue weighted by Crippen LogP contribution is 2.00. The average Bonchev–Trinajstić information content (AvgIpc) is 2.16. The summed E-state index contributed by atoms with van der Waals surface area (Å²) < 4.78 is 5.06. The summed E-state index contributed by atoms with van der Waals surface area (Å²) in [5.41, 5.74) is 1.05. The van der Waals surface area contributed by atoms with Gasteiger partial charge in [-0.15, -0.1) is 0 Å². The smallest absolute Gasteiger partial charge is 0.185 e. The molecule has 0 unspecified atom stereocenters. The number of thiocarbonyl (C=S) groups is 1. The molecule has 0 saturated carbocycles. The van der Waals surface area contributed by atoms with Gasteiger partial charge in [-0.2, -0.15) is 0 Å². The average molecular weight is 182 g/mol. The van der Waals surface area contributed by atoms with Crippen molar-refractivity contribution in [2.45, 2.75) is 6.61 Å². The molecule has 12 heavy (non-hydrogen) atoms. The molecular formula is C9H10O2S. The Morgan fingerprint density at radius 1 is 1.33 bits per heavy atom. The van der Waals surface area contributed by atoms with Gasteiger partial charge in [-0.25, -0.2) is 0 Å². The van der Waals surface area contributed by atoms with Crippen LogP contribution in [-0.4, -0.2) is 16.8 Å². The summed E-state index contributed by atoms with van der Waals surface area (Å²) in [5.74, 6) is 0. The molecule has 0 amide bonds. The van der Waals surface area contributed by atoms with Gasteiger partial charge in [0.1, 0.15) is 13.2 Å². The number of rotatable bonds is 3. The van der Waals surface area contributed by atoms with Crippen LogP contribution in [0.15, 0.2) is 30.3 Å². The predicted molar refractivity (Wildman–Crippen MR) is 50.9 cm³/mol. The molecule has 0 fully saturated rings. The fourth-order valence-electron chi connectivity index (χ4n) is 0.784. The Balaban J connectivity index is 2.38. The van der Waals surface area contributed by atoms with Crippen molar-refractivity contribution in [2.24, 2.45) is 0 Å². The lowest BCUT2D eigenvalue weighted by atomic mass is 10.2. The molecule has 0 bridgehead atoms. The zero-order chi connectivity index (χ0) is 8.81. The minimum absolute atomic E-state index is 0.192. The van der Waals surface area contributed by atoms with Gasteiger partial charge in [-0.1, -0.05) is 30.3 Å². The molecule has 0 aliphatic rings. The number of benzene rings is 1. The molecule has 3 heteroatoms. The van der Waals surface area contributed by atoms with Crippen molar-refractivity contribution in [2.75, 3.05) is 6.61 Å². The first-order valence-corrected chi connectivity index (χ1v) is 4.04. The summed E-state index contributed by atoms with van der Waals surface area (Å²) in [7, 11) is 0. The van der Waals surface area contributed by atoms with E-state index in [9.17, 15) is 0 Å². The molecule has 1 rings (SSSR count). The molecule has 0 heterocycles. The molecule has 1 aromatic carbocycles. The Hall–Kier alpha value is -0.930. The molecule has 2 nitrogen and oxygen atoms in total. The largest absolute Gasteiger partial charge is 0.480 e. The summed E-state index contributed by atoms with van der Waals surface area (Å²) in [6, 6.07) is 9.69. The van der Waals surface area contributed by atoms with Gasteiger partial charge in [-0.3, -0.25) is 0 Å². The van der Waals surface area contributed by atoms with Crippen LogP contribution in [0, 0.1) is 0 Å². The summed E-state index contributed by atoms with van der Waals surface area (Å²) in [4.78, 5) is 0. The van der Waals surface area contributed by atoms with Crippen LogP contribution in [-0.2, 0) is 11.3 Å². The van der Waals surface area contributed by atoms with Gasteiger partial charge in [0.15, 0.2) is 5.05 Å². The second-order valence-corrected chi connectivity index (χ2v) is 2.76. The molecule has 64 valence electrons. The van der Waals surface area contributed by atoms with E-state index in [1.807, 2.05) is 30.3 Å². The van der Waals surface area contributed by atoms with E-state index in [1.54, 1.807) is 0 Å². The van der Waals surface area contributed by atoms with E-state index < -0.39 is 0 Å². The molecule has 0 radical (unpaired) electrons. The van der Waals surface area contributed by atoms with Crippen LogP contribution in [0.2, 0.25) is 0 Å². The van der Waals surface area contributed by atoms with E-state index in [1.165, 1.54) is 0 Å². The van der Waals surface area contributed by atoms with Crippen LogP contribution in [0.1, 0.15) is 5.56 Å². The standard InChI is InChI=1S/C9H10O2S/c10-6-9(12)11-7-8-4-2-1-3-5-8/h1-5,10H,6-7H2. The van der Waals surface area contributed by atoms with Gasteiger partial charge in [0.25, 0.3) is 0 Å². The van der Waals surface area contributed by atoms with Crippen molar-refractivity contribution in [3.05, 3.63) is 35.9 Å². The lowest BCUT2D eigenvalue weighted by Crippen LogP contribution is -2.05. The Kier molecular flexibility index (Phi) is 3.70. The second-order valence-electron chi connectivity index (χ2n) is 2.30. The van der Waals surface area contributed by atoms with Gasteiger partial charge < -0.3 is 9.84 Å². The minimum Gasteiger partial charge on any atom is -0.480 e. The van der Waals surface area contributed by atoms with Gasteiger partial charge in [-0.05, 0) is 17.8 Å². The molecular weight excluding hydrogens is 172 g/mol. The molecule has 0 spiro atoms. The fraction of sp³-hybridized carbons (Fsp3) is 0.222. The molecule has 0 aliphatic carbocycles. The van der Waals surface area contributed by atoms with Crippen LogP contribution < -0.4 is 0 Å². The van der Waals surface area contributed by atoms with Crippen molar-refractivity contribution >= 4 is 17.3 Å². The maximum Gasteiger partial charge on any atom is 0.185 e. The number of aliphatic hydroxyl groups is 1. The van der Waals surface area contributed by atoms with Crippen molar-refractivity contribution in [1.82, 2.24) is 0 Å². The van der Waals surface area contributed by atoms with Crippen LogP contribution in [0.3, 0.4) is 0 Å². The monoisotopic (exact) mass is 182 g/mol. The van der Waals surface area contributed by atoms with Crippen molar-refractivity contribution in [3.63, 3.8) is 0 Å². The van der Waals surface area contributed by atoms with Gasteiger partial charge >= 0.3 is 0 Å². The molecule has 0 aliphatic heterocycles. The SMILES string of the molecule is OCC(=S)OCc1ccccc1. The fourth-order valence-corrected chi connectivity index (χ4v) is 0.843. The maximum absolute atomic E-state index is 8.55. The van der Waals surface area contributed by atoms with Crippen molar-refractivity contribution in [3.8, 4) is 0 Å². The molecule has 1 N–H and O–H groups in total. The molecule has 0 atom stereocenters. The Bertz CT molecular complexity index is 246. The zero-order valence-corrected chi connectivity index (χ0v) is 7.38. The van der Waals surface area contributed by atoms with Crippen molar-refractivity contribution < 1.29 is 9.84 Å². The van der Waals surface area contributed by atoms with Crippen LogP contribution >= 0.6 is 12.2 Å². The minimum atomic E-state index is -0.192. The van der Waals surface area contributed by atoms with E-state index in [4.69, 9.17) is 9.84 Å². The summed E-state index contributed by atoms with van der Waals surface area (Å²) in [5, 5.41) is 8.78. The Morgan fingerprint density at radius 2 is 2.00 bits per heavy atom. The third-order valence-electron chi connectivity index (χ3n) is 1.37. The van der Waals surface area contributed by atoms with E-state index in [2.05, 4.69) is 12.2 Å². The highest BCUT2D eigenvalue weighted by Gasteiger charge is 1.94. The number of hydrogen-bond acceptors (Lipinski definition) is 3. The first-order valence-electron chi connectivity index (χ1n) is 3.63. The first kappa shape index (κ1) is 9.16. The highest BCUT2D eigenvalue weighted by atomic mass is 32.1. The summed E-state index contributed by atoms with van der Waals surface area (Å²) in [6.07, 6.45) is 0. The predicted octanol–water partition coefficient (Wildman–Crippen LogP) is 1.52. The molecule has 0 aromatic heterocycles. The van der Waals surface area contributed by atoms with Gasteiger partial charge in [0.05, 0.1) is 0 Å². The topological polar surface area (TPSA) is 29.5 Å². The normalized spacial score (nSPS) is 9.42. The second kappa shape index (κ2) is 4.85. The van der Waals surface area contributed by atoms with E-state index >= 15 is 0 Å². The lowest BCUT2D eigenvalue weighted by molar-refractivity contribution is 0.254. The van der Waals surface area contributed by atoms with Crippen LogP contribution in [0.25, 0.3) is 0 Å². The number of ether oxygens (including phenoxy) is 1. The van der Waals surface area contributed by atoms with Gasteiger partial charge in [0, 0.05) is 0 Å². The zero-order valence-electron chi connectivity index (χ0n) is 6.56.